The van der Waals surface area contributed by atoms with Crippen LogP contribution in [0.1, 0.15) is 42.7 Å². The van der Waals surface area contributed by atoms with Crippen LogP contribution in [0.15, 0.2) is 45.9 Å². The molecule has 0 saturated carbocycles. The van der Waals surface area contributed by atoms with Crippen molar-refractivity contribution in [2.75, 3.05) is 25.0 Å². The summed E-state index contributed by atoms with van der Waals surface area (Å²) in [6.07, 6.45) is 5.18. The van der Waals surface area contributed by atoms with Crippen molar-refractivity contribution < 1.29 is 22.4 Å². The molecule has 2 saturated heterocycles. The van der Waals surface area contributed by atoms with Crippen LogP contribution < -0.4 is 5.32 Å². The molecule has 10 heteroatoms. The van der Waals surface area contributed by atoms with Crippen molar-refractivity contribution in [2.45, 2.75) is 43.0 Å². The van der Waals surface area contributed by atoms with E-state index in [1.807, 2.05) is 0 Å². The average molecular weight is 466 g/mol. The molecule has 4 rings (SSSR count). The van der Waals surface area contributed by atoms with Gasteiger partial charge in [-0.05, 0) is 62.4 Å². The van der Waals surface area contributed by atoms with Crippen LogP contribution in [0, 0.1) is 0 Å². The number of halogens is 1. The third-order valence-corrected chi connectivity index (χ3v) is 8.06. The number of amides is 2. The van der Waals surface area contributed by atoms with E-state index in [1.165, 1.54) is 27.6 Å². The van der Waals surface area contributed by atoms with Crippen molar-refractivity contribution >= 4 is 39.1 Å². The molecule has 1 aromatic heterocycles. The highest BCUT2D eigenvalue weighted by Crippen LogP contribution is 2.30. The van der Waals surface area contributed by atoms with Gasteiger partial charge in [-0.1, -0.05) is 11.6 Å². The maximum absolute atomic E-state index is 13.0. The summed E-state index contributed by atoms with van der Waals surface area (Å²) in [6.45, 7) is 1.37. The van der Waals surface area contributed by atoms with Gasteiger partial charge in [0, 0.05) is 25.3 Å². The second-order valence-electron chi connectivity index (χ2n) is 7.73. The van der Waals surface area contributed by atoms with Gasteiger partial charge in [0.1, 0.15) is 10.9 Å². The largest absolute Gasteiger partial charge is 0.459 e. The summed E-state index contributed by atoms with van der Waals surface area (Å²) >= 11 is 6.18. The van der Waals surface area contributed by atoms with Gasteiger partial charge < -0.3 is 14.6 Å². The minimum absolute atomic E-state index is 0.0268. The molecule has 3 heterocycles. The second-order valence-corrected chi connectivity index (χ2v) is 10.0. The number of hydrogen-bond donors (Lipinski definition) is 1. The van der Waals surface area contributed by atoms with Gasteiger partial charge in [0.05, 0.1) is 11.3 Å². The predicted molar refractivity (Wildman–Crippen MR) is 115 cm³/mol. The highest BCUT2D eigenvalue weighted by molar-refractivity contribution is 7.89. The molecule has 2 amide bonds. The molecular formula is C21H24ClN3O5S. The first-order valence-electron chi connectivity index (χ1n) is 10.3. The van der Waals surface area contributed by atoms with Gasteiger partial charge in [0.15, 0.2) is 5.76 Å². The summed E-state index contributed by atoms with van der Waals surface area (Å²) in [7, 11) is -3.73. The van der Waals surface area contributed by atoms with Crippen LogP contribution in [-0.4, -0.2) is 55.1 Å². The molecule has 2 aliphatic heterocycles. The molecule has 2 fully saturated rings. The average Bonchev–Trinajstić information content (AvgIpc) is 3.49. The first-order valence-corrected chi connectivity index (χ1v) is 12.1. The smallest absolute Gasteiger partial charge is 0.290 e. The van der Waals surface area contributed by atoms with Gasteiger partial charge in [0.2, 0.25) is 15.9 Å². The number of anilines is 1. The molecule has 1 atom stereocenters. The molecular weight excluding hydrogens is 442 g/mol. The van der Waals surface area contributed by atoms with Crippen LogP contribution in [0.4, 0.5) is 5.69 Å². The number of hydrogen-bond acceptors (Lipinski definition) is 5. The molecule has 31 heavy (non-hydrogen) atoms. The molecule has 8 nitrogen and oxygen atoms in total. The lowest BCUT2D eigenvalue weighted by Gasteiger charge is -2.34. The van der Waals surface area contributed by atoms with Gasteiger partial charge in [-0.3, -0.25) is 9.59 Å². The summed E-state index contributed by atoms with van der Waals surface area (Å²) in [5.41, 5.74) is 0.322. The SMILES string of the molecule is O=C(Nc1ccc(Cl)c(S(=O)(=O)N2CCCC2)c1)C1CCCCN1C(=O)c1ccco1. The molecule has 166 valence electrons. The van der Waals surface area contributed by atoms with E-state index in [9.17, 15) is 18.0 Å². The monoisotopic (exact) mass is 465 g/mol. The maximum atomic E-state index is 13.0. The van der Waals surface area contributed by atoms with Crippen molar-refractivity contribution in [3.05, 3.63) is 47.4 Å². The lowest BCUT2D eigenvalue weighted by molar-refractivity contribution is -0.121. The number of benzene rings is 1. The van der Waals surface area contributed by atoms with Crippen molar-refractivity contribution in [1.29, 1.82) is 0 Å². The third kappa shape index (κ3) is 4.49. The fraction of sp³-hybridized carbons (Fsp3) is 0.429. The zero-order valence-electron chi connectivity index (χ0n) is 16.9. The summed E-state index contributed by atoms with van der Waals surface area (Å²) in [4.78, 5) is 27.3. The lowest BCUT2D eigenvalue weighted by Crippen LogP contribution is -2.49. The number of sulfonamides is 1. The Kier molecular flexibility index (Phi) is 6.36. The van der Waals surface area contributed by atoms with Crippen LogP contribution in [0.3, 0.4) is 0 Å². The summed E-state index contributed by atoms with van der Waals surface area (Å²) in [6, 6.07) is 6.94. The number of nitrogens with zero attached hydrogens (tertiary/aromatic N) is 2. The Labute approximate surface area is 186 Å². The van der Waals surface area contributed by atoms with Gasteiger partial charge >= 0.3 is 0 Å². The second kappa shape index (κ2) is 9.02. The third-order valence-electron chi connectivity index (χ3n) is 5.68. The van der Waals surface area contributed by atoms with Crippen LogP contribution in [-0.2, 0) is 14.8 Å². The Bertz CT molecular complexity index is 1060. The van der Waals surface area contributed by atoms with E-state index >= 15 is 0 Å². The maximum Gasteiger partial charge on any atom is 0.290 e. The number of carbonyl (C=O) groups excluding carboxylic acids is 2. The zero-order valence-corrected chi connectivity index (χ0v) is 18.5. The summed E-state index contributed by atoms with van der Waals surface area (Å²) in [5, 5.41) is 2.88. The first-order chi connectivity index (χ1) is 14.9. The number of nitrogens with one attached hydrogen (secondary N) is 1. The van der Waals surface area contributed by atoms with E-state index in [2.05, 4.69) is 5.32 Å². The van der Waals surface area contributed by atoms with Crippen molar-refractivity contribution in [3.63, 3.8) is 0 Å². The normalized spacial score (nSPS) is 20.0. The van der Waals surface area contributed by atoms with E-state index in [4.69, 9.17) is 16.0 Å². The van der Waals surface area contributed by atoms with E-state index in [0.717, 1.165) is 25.7 Å². The Balaban J connectivity index is 1.54. The van der Waals surface area contributed by atoms with Crippen LogP contribution in [0.2, 0.25) is 5.02 Å². The molecule has 0 radical (unpaired) electrons. The zero-order chi connectivity index (χ0) is 22.0. The lowest BCUT2D eigenvalue weighted by atomic mass is 10.0. The van der Waals surface area contributed by atoms with Crippen LogP contribution >= 0.6 is 11.6 Å². The topological polar surface area (TPSA) is 99.9 Å². The molecule has 1 N–H and O–H groups in total. The van der Waals surface area contributed by atoms with Crippen LogP contribution in [0.25, 0.3) is 0 Å². The number of carbonyl (C=O) groups is 2. The number of furan rings is 1. The van der Waals surface area contributed by atoms with Gasteiger partial charge in [0.25, 0.3) is 5.91 Å². The minimum Gasteiger partial charge on any atom is -0.459 e. The fourth-order valence-corrected chi connectivity index (χ4v) is 6.08. The van der Waals surface area contributed by atoms with Crippen LogP contribution in [0.5, 0.6) is 0 Å². The predicted octanol–water partition coefficient (Wildman–Crippen LogP) is 3.35. The van der Waals surface area contributed by atoms with Crippen molar-refractivity contribution in [3.8, 4) is 0 Å². The standard InChI is InChI=1S/C21H24ClN3O5S/c22-16-9-8-15(14-19(16)31(28,29)24-10-3-4-11-24)23-20(26)17-6-1-2-12-25(17)21(27)18-7-5-13-30-18/h5,7-9,13-14,17H,1-4,6,10-12H2,(H,23,26). The Morgan fingerprint density at radius 2 is 1.81 bits per heavy atom. The first kappa shape index (κ1) is 21.9. The molecule has 2 aliphatic rings. The van der Waals surface area contributed by atoms with Gasteiger partial charge in [-0.25, -0.2) is 8.42 Å². The van der Waals surface area contributed by atoms with E-state index < -0.39 is 16.1 Å². The highest BCUT2D eigenvalue weighted by Gasteiger charge is 2.34. The summed E-state index contributed by atoms with van der Waals surface area (Å²) < 4.78 is 32.5. The van der Waals surface area contributed by atoms with E-state index in [-0.39, 0.29) is 27.5 Å². The quantitative estimate of drug-likeness (QED) is 0.729. The van der Waals surface area contributed by atoms with Crippen molar-refractivity contribution in [1.82, 2.24) is 9.21 Å². The molecule has 1 unspecified atom stereocenters. The van der Waals surface area contributed by atoms with Gasteiger partial charge in [-0.2, -0.15) is 4.31 Å². The molecule has 2 aromatic rings. The highest BCUT2D eigenvalue weighted by atomic mass is 35.5. The molecule has 1 aromatic carbocycles. The Morgan fingerprint density at radius 3 is 2.52 bits per heavy atom. The molecule has 0 bridgehead atoms. The molecule has 0 spiro atoms. The van der Waals surface area contributed by atoms with Crippen molar-refractivity contribution in [2.24, 2.45) is 0 Å². The minimum atomic E-state index is -3.73. The fourth-order valence-electron chi connectivity index (χ4n) is 4.06. The molecule has 0 aliphatic carbocycles. The number of piperidine rings is 1. The summed E-state index contributed by atoms with van der Waals surface area (Å²) in [5.74, 6) is -0.519. The number of likely N-dealkylation sites (tertiary alicyclic amines) is 1. The van der Waals surface area contributed by atoms with Gasteiger partial charge in [-0.15, -0.1) is 0 Å². The Morgan fingerprint density at radius 1 is 1.06 bits per heavy atom. The van der Waals surface area contributed by atoms with E-state index in [0.29, 0.717) is 31.7 Å². The number of rotatable bonds is 5. The Hall–Kier alpha value is -2.36. The van der Waals surface area contributed by atoms with E-state index in [1.54, 1.807) is 18.2 Å².